The van der Waals surface area contributed by atoms with Crippen molar-refractivity contribution < 1.29 is 4.74 Å². The van der Waals surface area contributed by atoms with Crippen molar-refractivity contribution in [3.05, 3.63) is 0 Å². The Kier molecular flexibility index (Phi) is 5.36. The molecule has 0 amide bonds. The van der Waals surface area contributed by atoms with Crippen LogP contribution in [0.1, 0.15) is 58.3 Å². The highest BCUT2D eigenvalue weighted by Crippen LogP contribution is 2.32. The van der Waals surface area contributed by atoms with Gasteiger partial charge >= 0.3 is 0 Å². The number of morpholine rings is 1. The summed E-state index contributed by atoms with van der Waals surface area (Å²) in [5.74, 6) is 0.858. The van der Waals surface area contributed by atoms with E-state index >= 15 is 0 Å². The van der Waals surface area contributed by atoms with Gasteiger partial charge in [0.1, 0.15) is 0 Å². The van der Waals surface area contributed by atoms with Crippen LogP contribution in [0.5, 0.6) is 0 Å². The monoisotopic (exact) mass is 280 g/mol. The van der Waals surface area contributed by atoms with E-state index in [1.54, 1.807) is 0 Å². The fourth-order valence-electron chi connectivity index (χ4n) is 4.67. The molecule has 0 spiro atoms. The maximum Gasteiger partial charge on any atom is 0.0730 e. The molecule has 3 fully saturated rings. The first-order valence-corrected chi connectivity index (χ1v) is 8.97. The summed E-state index contributed by atoms with van der Waals surface area (Å²) in [6.07, 6.45) is 11.7. The Morgan fingerprint density at radius 2 is 1.95 bits per heavy atom. The fraction of sp³-hybridized carbons (Fsp3) is 1.00. The maximum atomic E-state index is 5.96. The minimum Gasteiger partial charge on any atom is -0.375 e. The Hall–Kier alpha value is -0.120. The minimum absolute atomic E-state index is 0.548. The summed E-state index contributed by atoms with van der Waals surface area (Å²) in [7, 11) is 0. The Labute approximate surface area is 124 Å². The third kappa shape index (κ3) is 3.37. The maximum absolute atomic E-state index is 5.96. The first-order valence-electron chi connectivity index (χ1n) is 8.97. The van der Waals surface area contributed by atoms with Crippen molar-refractivity contribution in [3.63, 3.8) is 0 Å². The molecule has 1 heterocycles. The lowest BCUT2D eigenvalue weighted by atomic mass is 9.93. The van der Waals surface area contributed by atoms with Gasteiger partial charge in [0.25, 0.3) is 0 Å². The van der Waals surface area contributed by atoms with Gasteiger partial charge in [-0.15, -0.1) is 0 Å². The molecule has 3 nitrogen and oxygen atoms in total. The van der Waals surface area contributed by atoms with Crippen LogP contribution in [0.25, 0.3) is 0 Å². The number of fused-ring (bicyclic) bond motifs is 1. The van der Waals surface area contributed by atoms with Crippen molar-refractivity contribution in [3.8, 4) is 0 Å². The average molecular weight is 280 g/mol. The molecule has 3 rings (SSSR count). The van der Waals surface area contributed by atoms with Crippen LogP contribution in [0.3, 0.4) is 0 Å². The van der Waals surface area contributed by atoms with Crippen molar-refractivity contribution in [2.24, 2.45) is 5.92 Å². The van der Waals surface area contributed by atoms with Gasteiger partial charge < -0.3 is 10.1 Å². The highest BCUT2D eigenvalue weighted by Gasteiger charge is 2.37. The Morgan fingerprint density at radius 1 is 1.05 bits per heavy atom. The summed E-state index contributed by atoms with van der Waals surface area (Å²) in [5.41, 5.74) is 0. The first-order chi connectivity index (χ1) is 9.88. The average Bonchev–Trinajstić information content (AvgIpc) is 2.84. The van der Waals surface area contributed by atoms with Crippen molar-refractivity contribution in [2.75, 3.05) is 26.2 Å². The number of rotatable bonds is 4. The Bertz CT molecular complexity index is 297. The predicted octanol–water partition coefficient (Wildman–Crippen LogP) is 2.80. The molecule has 116 valence electrons. The fourth-order valence-corrected chi connectivity index (χ4v) is 4.67. The summed E-state index contributed by atoms with van der Waals surface area (Å²) < 4.78 is 5.96. The smallest absolute Gasteiger partial charge is 0.0730 e. The van der Waals surface area contributed by atoms with Gasteiger partial charge in [0.05, 0.1) is 12.7 Å². The van der Waals surface area contributed by atoms with E-state index in [1.807, 2.05) is 0 Å². The summed E-state index contributed by atoms with van der Waals surface area (Å²) in [6, 6.07) is 1.49. The second-order valence-electron chi connectivity index (χ2n) is 6.96. The zero-order valence-corrected chi connectivity index (χ0v) is 13.2. The molecule has 3 aliphatic rings. The standard InChI is InChI=1S/C17H32N2O/c1-2-18-15-8-5-3-4-7-14(15)13-19-11-12-20-17-10-6-9-16(17)19/h14-18H,2-13H2,1H3. The quantitative estimate of drug-likeness (QED) is 0.802. The lowest BCUT2D eigenvalue weighted by molar-refractivity contribution is -0.0620. The van der Waals surface area contributed by atoms with E-state index in [-0.39, 0.29) is 0 Å². The largest absolute Gasteiger partial charge is 0.375 e. The molecule has 4 unspecified atom stereocenters. The number of hydrogen-bond donors (Lipinski definition) is 1. The normalized spacial score (nSPS) is 39.5. The summed E-state index contributed by atoms with van der Waals surface area (Å²) in [5, 5.41) is 3.77. The van der Waals surface area contributed by atoms with Crippen molar-refractivity contribution >= 4 is 0 Å². The van der Waals surface area contributed by atoms with Crippen molar-refractivity contribution in [1.82, 2.24) is 10.2 Å². The zero-order chi connectivity index (χ0) is 13.8. The minimum atomic E-state index is 0.548. The van der Waals surface area contributed by atoms with Crippen LogP contribution in [0.4, 0.5) is 0 Å². The molecule has 3 heteroatoms. The van der Waals surface area contributed by atoms with Crippen LogP contribution < -0.4 is 5.32 Å². The molecule has 0 aromatic heterocycles. The molecule has 0 aromatic carbocycles. The van der Waals surface area contributed by atoms with E-state index in [1.165, 1.54) is 57.9 Å². The zero-order valence-electron chi connectivity index (χ0n) is 13.2. The lowest BCUT2D eigenvalue weighted by Gasteiger charge is -2.41. The Balaban J connectivity index is 1.61. The second kappa shape index (κ2) is 7.24. The number of ether oxygens (including phenoxy) is 1. The van der Waals surface area contributed by atoms with Crippen LogP contribution in [-0.2, 0) is 4.74 Å². The van der Waals surface area contributed by atoms with Gasteiger partial charge in [0.2, 0.25) is 0 Å². The van der Waals surface area contributed by atoms with Crippen LogP contribution in [0.15, 0.2) is 0 Å². The molecule has 1 N–H and O–H groups in total. The van der Waals surface area contributed by atoms with Gasteiger partial charge in [-0.1, -0.05) is 26.2 Å². The molecule has 4 atom stereocenters. The molecule has 2 aliphatic carbocycles. The number of nitrogens with one attached hydrogen (secondary N) is 1. The molecule has 1 saturated heterocycles. The van der Waals surface area contributed by atoms with E-state index < -0.39 is 0 Å². The summed E-state index contributed by atoms with van der Waals surface area (Å²) in [4.78, 5) is 2.78. The van der Waals surface area contributed by atoms with E-state index in [2.05, 4.69) is 17.1 Å². The molecular formula is C17H32N2O. The van der Waals surface area contributed by atoms with Gasteiger partial charge in [-0.25, -0.2) is 0 Å². The van der Waals surface area contributed by atoms with Crippen LogP contribution in [-0.4, -0.2) is 49.3 Å². The van der Waals surface area contributed by atoms with Gasteiger partial charge in [0.15, 0.2) is 0 Å². The van der Waals surface area contributed by atoms with Gasteiger partial charge in [-0.05, 0) is 44.6 Å². The molecular weight excluding hydrogens is 248 g/mol. The Morgan fingerprint density at radius 3 is 2.85 bits per heavy atom. The van der Waals surface area contributed by atoms with Crippen LogP contribution in [0, 0.1) is 5.92 Å². The van der Waals surface area contributed by atoms with Gasteiger partial charge in [0, 0.05) is 25.2 Å². The second-order valence-corrected chi connectivity index (χ2v) is 6.96. The van der Waals surface area contributed by atoms with Gasteiger partial charge in [-0.3, -0.25) is 4.90 Å². The molecule has 2 saturated carbocycles. The molecule has 0 radical (unpaired) electrons. The third-order valence-electron chi connectivity index (χ3n) is 5.69. The third-order valence-corrected chi connectivity index (χ3v) is 5.69. The SMILES string of the molecule is CCNC1CCCCCC1CN1CCOC2CCCC21. The van der Waals surface area contributed by atoms with Crippen LogP contribution >= 0.6 is 0 Å². The molecule has 0 bridgehead atoms. The van der Waals surface area contributed by atoms with E-state index in [0.29, 0.717) is 6.10 Å². The number of nitrogens with zero attached hydrogens (tertiary/aromatic N) is 1. The molecule has 1 aliphatic heterocycles. The van der Waals surface area contributed by atoms with Gasteiger partial charge in [-0.2, -0.15) is 0 Å². The highest BCUT2D eigenvalue weighted by molar-refractivity contribution is 4.92. The highest BCUT2D eigenvalue weighted by atomic mass is 16.5. The van der Waals surface area contributed by atoms with E-state index in [4.69, 9.17) is 4.74 Å². The van der Waals surface area contributed by atoms with E-state index in [9.17, 15) is 0 Å². The van der Waals surface area contributed by atoms with Crippen LogP contribution in [0.2, 0.25) is 0 Å². The summed E-state index contributed by atoms with van der Waals surface area (Å²) >= 11 is 0. The first kappa shape index (κ1) is 14.8. The van der Waals surface area contributed by atoms with E-state index in [0.717, 1.165) is 37.7 Å². The molecule has 0 aromatic rings. The van der Waals surface area contributed by atoms with Crippen molar-refractivity contribution in [2.45, 2.75) is 76.5 Å². The lowest BCUT2D eigenvalue weighted by Crippen LogP contribution is -2.52. The van der Waals surface area contributed by atoms with Crippen molar-refractivity contribution in [1.29, 1.82) is 0 Å². The summed E-state index contributed by atoms with van der Waals surface area (Å²) in [6.45, 7) is 6.80. The number of hydrogen-bond acceptors (Lipinski definition) is 3. The topological polar surface area (TPSA) is 24.5 Å². The molecule has 20 heavy (non-hydrogen) atoms. The predicted molar refractivity (Wildman–Crippen MR) is 83.0 cm³/mol.